The summed E-state index contributed by atoms with van der Waals surface area (Å²) in [6.07, 6.45) is 4.73. The van der Waals surface area contributed by atoms with Gasteiger partial charge >= 0.3 is 0 Å². The summed E-state index contributed by atoms with van der Waals surface area (Å²) in [7, 11) is 0. The summed E-state index contributed by atoms with van der Waals surface area (Å²) in [6.45, 7) is 0. The first-order chi connectivity index (χ1) is 8.74. The van der Waals surface area contributed by atoms with Crippen LogP contribution in [-0.2, 0) is 0 Å². The first kappa shape index (κ1) is 10.4. The Morgan fingerprint density at radius 2 is 2.11 bits per heavy atom. The Bertz CT molecular complexity index is 734. The van der Waals surface area contributed by atoms with Crippen molar-refractivity contribution in [2.24, 2.45) is 0 Å². The predicted octanol–water partition coefficient (Wildman–Crippen LogP) is 1.10. The largest absolute Gasteiger partial charge is 0.366 e. The fraction of sp³-hybridized carbons (Fsp3) is 0. The van der Waals surface area contributed by atoms with Gasteiger partial charge in [0.25, 0.3) is 5.91 Å². The number of hydrogen-bond donors (Lipinski definition) is 1. The molecule has 18 heavy (non-hydrogen) atoms. The molecule has 3 rings (SSSR count). The van der Waals surface area contributed by atoms with Crippen molar-refractivity contribution in [2.75, 3.05) is 5.73 Å². The van der Waals surface area contributed by atoms with Crippen LogP contribution < -0.4 is 5.73 Å². The Morgan fingerprint density at radius 3 is 2.89 bits per heavy atom. The van der Waals surface area contributed by atoms with Crippen LogP contribution in [0, 0.1) is 0 Å². The molecular weight excluding hydrogens is 230 g/mol. The molecule has 0 radical (unpaired) electrons. The molecule has 0 atom stereocenters. The molecule has 6 heteroatoms. The normalized spacial score (nSPS) is 10.7. The number of nitrogens with zero attached hydrogens (tertiary/aromatic N) is 4. The van der Waals surface area contributed by atoms with Crippen LogP contribution in [0.15, 0.2) is 43.0 Å². The van der Waals surface area contributed by atoms with Crippen molar-refractivity contribution >= 4 is 22.6 Å². The SMILES string of the molecule is Nc1ncn(C(=O)c2ccc3cnccc3c2)n1. The van der Waals surface area contributed by atoms with Gasteiger partial charge in [-0.3, -0.25) is 9.78 Å². The van der Waals surface area contributed by atoms with Crippen molar-refractivity contribution in [3.8, 4) is 0 Å². The number of nitrogen functional groups attached to an aromatic ring is 1. The quantitative estimate of drug-likeness (QED) is 0.687. The Hall–Kier alpha value is -2.76. The number of fused-ring (bicyclic) bond motifs is 1. The van der Waals surface area contributed by atoms with E-state index in [2.05, 4.69) is 15.1 Å². The van der Waals surface area contributed by atoms with Crippen molar-refractivity contribution in [3.63, 3.8) is 0 Å². The highest BCUT2D eigenvalue weighted by Crippen LogP contribution is 2.15. The van der Waals surface area contributed by atoms with E-state index in [9.17, 15) is 4.79 Å². The van der Waals surface area contributed by atoms with E-state index in [4.69, 9.17) is 5.73 Å². The molecular formula is C12H9N5O. The lowest BCUT2D eigenvalue weighted by Gasteiger charge is -2.02. The molecule has 0 saturated heterocycles. The maximum Gasteiger partial charge on any atom is 0.279 e. The highest BCUT2D eigenvalue weighted by atomic mass is 16.2. The van der Waals surface area contributed by atoms with Crippen LogP contribution in [0.3, 0.4) is 0 Å². The summed E-state index contributed by atoms with van der Waals surface area (Å²) in [5, 5.41) is 5.72. The van der Waals surface area contributed by atoms with E-state index in [-0.39, 0.29) is 11.9 Å². The molecule has 0 saturated carbocycles. The fourth-order valence-corrected chi connectivity index (χ4v) is 1.72. The van der Waals surface area contributed by atoms with Gasteiger partial charge in [0.2, 0.25) is 5.95 Å². The number of carbonyl (C=O) groups excluding carboxylic acids is 1. The predicted molar refractivity (Wildman–Crippen MR) is 65.9 cm³/mol. The van der Waals surface area contributed by atoms with E-state index in [1.54, 1.807) is 24.5 Å². The molecule has 0 bridgehead atoms. The molecule has 0 aliphatic rings. The third kappa shape index (κ3) is 1.69. The van der Waals surface area contributed by atoms with E-state index in [1.165, 1.54) is 6.33 Å². The summed E-state index contributed by atoms with van der Waals surface area (Å²) in [5.41, 5.74) is 5.91. The number of rotatable bonds is 1. The van der Waals surface area contributed by atoms with E-state index >= 15 is 0 Å². The van der Waals surface area contributed by atoms with Crippen molar-refractivity contribution in [1.29, 1.82) is 0 Å². The molecule has 0 aliphatic carbocycles. The number of hydrogen-bond acceptors (Lipinski definition) is 5. The van der Waals surface area contributed by atoms with Crippen LogP contribution in [0.2, 0.25) is 0 Å². The summed E-state index contributed by atoms with van der Waals surface area (Å²) >= 11 is 0. The Balaban J connectivity index is 2.06. The zero-order chi connectivity index (χ0) is 12.5. The lowest BCUT2D eigenvalue weighted by Crippen LogP contribution is -2.12. The van der Waals surface area contributed by atoms with Gasteiger partial charge in [0.1, 0.15) is 6.33 Å². The number of nitrogens with two attached hydrogens (primary N) is 1. The van der Waals surface area contributed by atoms with Gasteiger partial charge in [-0.15, -0.1) is 5.10 Å². The third-order valence-electron chi connectivity index (χ3n) is 2.61. The lowest BCUT2D eigenvalue weighted by atomic mass is 10.1. The topological polar surface area (TPSA) is 86.7 Å². The highest BCUT2D eigenvalue weighted by molar-refractivity contribution is 5.99. The molecule has 0 amide bonds. The smallest absolute Gasteiger partial charge is 0.279 e. The monoisotopic (exact) mass is 239 g/mol. The van der Waals surface area contributed by atoms with Gasteiger partial charge in [0, 0.05) is 23.3 Å². The second-order valence-electron chi connectivity index (χ2n) is 3.79. The summed E-state index contributed by atoms with van der Waals surface area (Å²) < 4.78 is 1.12. The maximum atomic E-state index is 12.1. The molecule has 2 heterocycles. The zero-order valence-corrected chi connectivity index (χ0v) is 9.32. The van der Waals surface area contributed by atoms with Crippen molar-refractivity contribution < 1.29 is 4.79 Å². The highest BCUT2D eigenvalue weighted by Gasteiger charge is 2.10. The zero-order valence-electron chi connectivity index (χ0n) is 9.32. The summed E-state index contributed by atoms with van der Waals surface area (Å²) in [6, 6.07) is 7.21. The second kappa shape index (κ2) is 3.92. The minimum absolute atomic E-state index is 0.0772. The Kier molecular flexibility index (Phi) is 2.26. The average Bonchev–Trinajstić information content (AvgIpc) is 2.84. The molecule has 6 nitrogen and oxygen atoms in total. The first-order valence-corrected chi connectivity index (χ1v) is 5.30. The van der Waals surface area contributed by atoms with Gasteiger partial charge in [-0.1, -0.05) is 6.07 Å². The average molecular weight is 239 g/mol. The molecule has 0 aliphatic heterocycles. The minimum atomic E-state index is -0.266. The van der Waals surface area contributed by atoms with Gasteiger partial charge in [0.15, 0.2) is 0 Å². The van der Waals surface area contributed by atoms with E-state index in [0.717, 1.165) is 15.5 Å². The summed E-state index contributed by atoms with van der Waals surface area (Å²) in [5.74, 6) is -0.189. The summed E-state index contributed by atoms with van der Waals surface area (Å²) in [4.78, 5) is 19.8. The number of benzene rings is 1. The van der Waals surface area contributed by atoms with Crippen LogP contribution in [0.1, 0.15) is 10.4 Å². The fourth-order valence-electron chi connectivity index (χ4n) is 1.72. The number of pyridine rings is 1. The standard InChI is InChI=1S/C12H9N5O/c13-12-15-7-17(16-12)11(18)9-1-2-10-6-14-4-3-8(10)5-9/h1-7H,(H2,13,16). The maximum absolute atomic E-state index is 12.1. The number of carbonyl (C=O) groups is 1. The van der Waals surface area contributed by atoms with Crippen molar-refractivity contribution in [3.05, 3.63) is 48.5 Å². The van der Waals surface area contributed by atoms with Crippen molar-refractivity contribution in [1.82, 2.24) is 19.7 Å². The number of anilines is 1. The third-order valence-corrected chi connectivity index (χ3v) is 2.61. The lowest BCUT2D eigenvalue weighted by molar-refractivity contribution is 0.0945. The molecule has 0 spiro atoms. The molecule has 0 unspecified atom stereocenters. The molecule has 0 fully saturated rings. The minimum Gasteiger partial charge on any atom is -0.366 e. The second-order valence-corrected chi connectivity index (χ2v) is 3.79. The van der Waals surface area contributed by atoms with Gasteiger partial charge in [0.05, 0.1) is 0 Å². The van der Waals surface area contributed by atoms with E-state index < -0.39 is 0 Å². The molecule has 2 aromatic heterocycles. The van der Waals surface area contributed by atoms with Gasteiger partial charge in [-0.05, 0) is 23.6 Å². The van der Waals surface area contributed by atoms with Crippen LogP contribution in [0.4, 0.5) is 5.95 Å². The van der Waals surface area contributed by atoms with Gasteiger partial charge in [-0.25, -0.2) is 4.98 Å². The molecule has 2 N–H and O–H groups in total. The molecule has 1 aromatic carbocycles. The number of aromatic nitrogens is 4. The van der Waals surface area contributed by atoms with Crippen LogP contribution in [0.25, 0.3) is 10.8 Å². The Morgan fingerprint density at radius 1 is 1.22 bits per heavy atom. The molecule has 3 aromatic rings. The first-order valence-electron chi connectivity index (χ1n) is 5.30. The Labute approximate surface area is 102 Å². The van der Waals surface area contributed by atoms with Gasteiger partial charge < -0.3 is 5.73 Å². The van der Waals surface area contributed by atoms with Crippen LogP contribution in [0.5, 0.6) is 0 Å². The van der Waals surface area contributed by atoms with Crippen molar-refractivity contribution in [2.45, 2.75) is 0 Å². The van der Waals surface area contributed by atoms with E-state index in [1.807, 2.05) is 12.1 Å². The molecule has 88 valence electrons. The van der Waals surface area contributed by atoms with Crippen LogP contribution >= 0.6 is 0 Å². The van der Waals surface area contributed by atoms with Gasteiger partial charge in [-0.2, -0.15) is 4.68 Å². The van der Waals surface area contributed by atoms with E-state index in [0.29, 0.717) is 5.56 Å². The van der Waals surface area contributed by atoms with Crippen LogP contribution in [-0.4, -0.2) is 25.7 Å².